The number of sulfonamides is 1. The van der Waals surface area contributed by atoms with Gasteiger partial charge in [-0.1, -0.05) is 25.4 Å². The molecule has 1 fully saturated rings. The largest absolute Gasteiger partial charge is 0.244 e. The fraction of sp³-hybridized carbons (Fsp3) is 0.571. The topological polar surface area (TPSA) is 71.5 Å². The molecule has 0 saturated carbocycles. The van der Waals surface area contributed by atoms with Crippen molar-refractivity contribution in [3.05, 3.63) is 23.2 Å². The predicted molar refractivity (Wildman–Crippen MR) is 86.3 cm³/mol. The van der Waals surface area contributed by atoms with E-state index in [1.54, 1.807) is 0 Å². The number of rotatable bonds is 3. The Balaban J connectivity index is 2.49. The molecule has 124 valence electrons. The van der Waals surface area contributed by atoms with E-state index in [0.29, 0.717) is 13.1 Å². The van der Waals surface area contributed by atoms with Crippen molar-refractivity contribution in [2.24, 2.45) is 11.8 Å². The van der Waals surface area contributed by atoms with Gasteiger partial charge in [-0.15, -0.1) is 0 Å². The maximum atomic E-state index is 12.8. The number of sulfone groups is 1. The zero-order valence-electron chi connectivity index (χ0n) is 12.8. The van der Waals surface area contributed by atoms with Gasteiger partial charge in [0.1, 0.15) is 4.90 Å². The van der Waals surface area contributed by atoms with Gasteiger partial charge in [-0.2, -0.15) is 4.31 Å². The molecule has 1 saturated heterocycles. The van der Waals surface area contributed by atoms with E-state index in [4.69, 9.17) is 11.6 Å². The third-order valence-electron chi connectivity index (χ3n) is 3.78. The molecular formula is C14H20ClNO4S2. The normalized spacial score (nSPS) is 24.4. The summed E-state index contributed by atoms with van der Waals surface area (Å²) in [7, 11) is -7.30. The fourth-order valence-electron chi connectivity index (χ4n) is 2.85. The number of hydrogen-bond acceptors (Lipinski definition) is 4. The van der Waals surface area contributed by atoms with Crippen molar-refractivity contribution in [3.8, 4) is 0 Å². The molecule has 5 nitrogen and oxygen atoms in total. The van der Waals surface area contributed by atoms with Gasteiger partial charge in [-0.3, -0.25) is 0 Å². The zero-order chi connectivity index (χ0) is 16.7. The molecule has 1 aliphatic heterocycles. The monoisotopic (exact) mass is 365 g/mol. The van der Waals surface area contributed by atoms with Crippen LogP contribution in [0.2, 0.25) is 5.02 Å². The first-order valence-electron chi connectivity index (χ1n) is 7.01. The third-order valence-corrected chi connectivity index (χ3v) is 7.21. The van der Waals surface area contributed by atoms with Crippen molar-refractivity contribution in [2.75, 3.05) is 19.3 Å². The molecule has 0 aromatic heterocycles. The molecule has 1 aliphatic rings. The number of nitrogens with zero attached hydrogens (tertiary/aromatic N) is 1. The molecule has 1 aromatic carbocycles. The van der Waals surface area contributed by atoms with Crippen LogP contribution in [0.3, 0.4) is 0 Å². The Hall–Kier alpha value is -0.630. The van der Waals surface area contributed by atoms with E-state index in [1.807, 2.05) is 13.8 Å². The summed E-state index contributed by atoms with van der Waals surface area (Å²) in [5, 5.41) is 0.0401. The lowest BCUT2D eigenvalue weighted by Crippen LogP contribution is -2.42. The Morgan fingerprint density at radius 3 is 2.14 bits per heavy atom. The SMILES string of the molecule is C[C@H]1C[C@H](C)CN(S(=O)(=O)c2cc(S(C)(=O)=O)ccc2Cl)C1. The molecule has 2 atom stereocenters. The van der Waals surface area contributed by atoms with Gasteiger partial charge in [-0.05, 0) is 36.5 Å². The average Bonchev–Trinajstić information content (AvgIpc) is 2.36. The maximum absolute atomic E-state index is 12.8. The van der Waals surface area contributed by atoms with Gasteiger partial charge < -0.3 is 0 Å². The Morgan fingerprint density at radius 2 is 1.64 bits per heavy atom. The Bertz CT molecular complexity index is 764. The van der Waals surface area contributed by atoms with Crippen LogP contribution in [-0.2, 0) is 19.9 Å². The van der Waals surface area contributed by atoms with Crippen molar-refractivity contribution in [2.45, 2.75) is 30.1 Å². The summed E-state index contributed by atoms with van der Waals surface area (Å²) in [5.74, 6) is 0.519. The molecule has 8 heteroatoms. The highest BCUT2D eigenvalue weighted by Gasteiger charge is 2.33. The lowest BCUT2D eigenvalue weighted by molar-refractivity contribution is 0.222. The summed E-state index contributed by atoms with van der Waals surface area (Å²) in [6.07, 6.45) is 2.01. The summed E-state index contributed by atoms with van der Waals surface area (Å²) < 4.78 is 50.4. The van der Waals surface area contributed by atoms with Gasteiger partial charge in [0.25, 0.3) is 0 Å². The molecule has 0 spiro atoms. The molecule has 0 N–H and O–H groups in total. The molecular weight excluding hydrogens is 346 g/mol. The molecule has 2 rings (SSSR count). The van der Waals surface area contributed by atoms with Gasteiger partial charge >= 0.3 is 0 Å². The van der Waals surface area contributed by atoms with Crippen LogP contribution in [-0.4, -0.2) is 40.5 Å². The van der Waals surface area contributed by atoms with Crippen LogP contribution >= 0.6 is 11.6 Å². The second kappa shape index (κ2) is 6.11. The highest BCUT2D eigenvalue weighted by Crippen LogP contribution is 2.31. The summed E-state index contributed by atoms with van der Waals surface area (Å²) in [6.45, 7) is 4.86. The van der Waals surface area contributed by atoms with Gasteiger partial charge in [0.2, 0.25) is 10.0 Å². The van der Waals surface area contributed by atoms with E-state index in [-0.39, 0.29) is 26.6 Å². The average molecular weight is 366 g/mol. The van der Waals surface area contributed by atoms with E-state index in [1.165, 1.54) is 16.4 Å². The molecule has 22 heavy (non-hydrogen) atoms. The van der Waals surface area contributed by atoms with Gasteiger partial charge in [-0.25, -0.2) is 16.8 Å². The van der Waals surface area contributed by atoms with Gasteiger partial charge in [0.05, 0.1) is 9.92 Å². The summed E-state index contributed by atoms with van der Waals surface area (Å²) in [5.41, 5.74) is 0. The number of halogens is 1. The van der Waals surface area contributed by atoms with E-state index >= 15 is 0 Å². The number of benzene rings is 1. The van der Waals surface area contributed by atoms with Crippen LogP contribution in [0.5, 0.6) is 0 Å². The van der Waals surface area contributed by atoms with Crippen LogP contribution in [0.4, 0.5) is 0 Å². The summed E-state index contributed by atoms with van der Waals surface area (Å²) in [6, 6.07) is 3.79. The third kappa shape index (κ3) is 3.64. The second-order valence-electron chi connectivity index (χ2n) is 6.13. The second-order valence-corrected chi connectivity index (χ2v) is 10.5. The quantitative estimate of drug-likeness (QED) is 0.824. The highest BCUT2D eigenvalue weighted by atomic mass is 35.5. The van der Waals surface area contributed by atoms with Crippen LogP contribution in [0, 0.1) is 11.8 Å². The van der Waals surface area contributed by atoms with Crippen molar-refractivity contribution in [1.29, 1.82) is 0 Å². The van der Waals surface area contributed by atoms with Crippen molar-refractivity contribution in [1.82, 2.24) is 4.31 Å². The maximum Gasteiger partial charge on any atom is 0.244 e. The van der Waals surface area contributed by atoms with Crippen molar-refractivity contribution in [3.63, 3.8) is 0 Å². The minimum Gasteiger partial charge on any atom is -0.224 e. The Morgan fingerprint density at radius 1 is 1.09 bits per heavy atom. The van der Waals surface area contributed by atoms with Crippen LogP contribution in [0.25, 0.3) is 0 Å². The standard InChI is InChI=1S/C14H20ClNO4S2/c1-10-6-11(2)9-16(8-10)22(19,20)14-7-12(21(3,17)18)4-5-13(14)15/h4-5,7,10-11H,6,8-9H2,1-3H3/t10-,11-/m0/s1. The van der Waals surface area contributed by atoms with Crippen LogP contribution in [0.1, 0.15) is 20.3 Å². The zero-order valence-corrected chi connectivity index (χ0v) is 15.2. The van der Waals surface area contributed by atoms with Crippen molar-refractivity contribution >= 4 is 31.5 Å². The first-order valence-corrected chi connectivity index (χ1v) is 10.7. The molecule has 1 aromatic rings. The van der Waals surface area contributed by atoms with Crippen LogP contribution in [0.15, 0.2) is 28.0 Å². The number of hydrogen-bond donors (Lipinski definition) is 0. The predicted octanol–water partition coefficient (Wildman–Crippen LogP) is 2.41. The van der Waals surface area contributed by atoms with Gasteiger partial charge in [0, 0.05) is 19.3 Å². The Kier molecular flexibility index (Phi) is 4.92. The lowest BCUT2D eigenvalue weighted by atomic mass is 9.94. The van der Waals surface area contributed by atoms with Crippen LogP contribution < -0.4 is 0 Å². The lowest BCUT2D eigenvalue weighted by Gasteiger charge is -2.34. The van der Waals surface area contributed by atoms with E-state index < -0.39 is 19.9 Å². The first-order chi connectivity index (χ1) is 10.0. The minimum absolute atomic E-state index is 0.0401. The smallest absolute Gasteiger partial charge is 0.224 e. The minimum atomic E-state index is -3.80. The highest BCUT2D eigenvalue weighted by molar-refractivity contribution is 7.91. The molecule has 0 bridgehead atoms. The Labute approximate surface area is 137 Å². The van der Waals surface area contributed by atoms with E-state index in [0.717, 1.165) is 18.7 Å². The summed E-state index contributed by atoms with van der Waals surface area (Å²) in [4.78, 5) is -0.188. The molecule has 0 radical (unpaired) electrons. The molecule has 0 unspecified atom stereocenters. The summed E-state index contributed by atoms with van der Waals surface area (Å²) >= 11 is 6.02. The van der Waals surface area contributed by atoms with E-state index in [9.17, 15) is 16.8 Å². The van der Waals surface area contributed by atoms with Crippen molar-refractivity contribution < 1.29 is 16.8 Å². The number of piperidine rings is 1. The van der Waals surface area contributed by atoms with Gasteiger partial charge in [0.15, 0.2) is 9.84 Å². The molecule has 0 aliphatic carbocycles. The van der Waals surface area contributed by atoms with E-state index in [2.05, 4.69) is 0 Å². The first kappa shape index (κ1) is 17.7. The molecule has 0 amide bonds. The molecule has 1 heterocycles. The fourth-order valence-corrected chi connectivity index (χ4v) is 5.75.